The molecule has 4 saturated heterocycles. The van der Waals surface area contributed by atoms with Crippen LogP contribution in [0.1, 0.15) is 27.7 Å². The van der Waals surface area contributed by atoms with Crippen LogP contribution in [-0.2, 0) is 42.7 Å². The monoisotopic (exact) mass is 400 g/mol. The van der Waals surface area contributed by atoms with Crippen LogP contribution in [0, 0.1) is 0 Å². The molecule has 9 heteroatoms. The molecule has 0 aromatic rings. The minimum absolute atomic E-state index is 0.160. The third-order valence-corrected chi connectivity index (χ3v) is 5.11. The van der Waals surface area contributed by atoms with Crippen molar-refractivity contribution in [2.75, 3.05) is 13.2 Å². The van der Waals surface area contributed by atoms with Gasteiger partial charge in [0.05, 0.1) is 13.2 Å². The molecule has 4 aliphatic heterocycles. The lowest BCUT2D eigenvalue weighted by Gasteiger charge is -2.28. The van der Waals surface area contributed by atoms with Gasteiger partial charge >= 0.3 is 0 Å². The van der Waals surface area contributed by atoms with Crippen LogP contribution in [0.4, 0.5) is 0 Å². The topological polar surface area (TPSA) is 90.9 Å². The Morgan fingerprint density at radius 1 is 0.893 bits per heavy atom. The maximum absolute atomic E-state index is 11.4. The van der Waals surface area contributed by atoms with Crippen molar-refractivity contribution in [3.63, 3.8) is 0 Å². The van der Waals surface area contributed by atoms with Crippen LogP contribution in [0.3, 0.4) is 0 Å². The van der Waals surface area contributed by atoms with Crippen molar-refractivity contribution in [1.82, 2.24) is 0 Å². The van der Waals surface area contributed by atoms with Gasteiger partial charge in [-0.3, -0.25) is 0 Å². The summed E-state index contributed by atoms with van der Waals surface area (Å²) in [6.07, 6.45) is -1.89. The van der Waals surface area contributed by atoms with Gasteiger partial charge in [0.1, 0.15) is 36.6 Å². The second-order valence-corrected chi connectivity index (χ2v) is 8.23. The van der Waals surface area contributed by atoms with E-state index in [-0.39, 0.29) is 12.7 Å². The van der Waals surface area contributed by atoms with E-state index < -0.39 is 54.7 Å². The van der Waals surface area contributed by atoms with Crippen LogP contribution in [0.2, 0.25) is 0 Å². The van der Waals surface area contributed by atoms with E-state index in [0.717, 1.165) is 0 Å². The van der Waals surface area contributed by atoms with Gasteiger partial charge in [-0.1, -0.05) is 6.08 Å². The summed E-state index contributed by atoms with van der Waals surface area (Å²) in [5.41, 5.74) is 0. The molecule has 0 bridgehead atoms. The molecule has 0 aromatic carbocycles. The van der Waals surface area contributed by atoms with E-state index in [1.54, 1.807) is 19.9 Å². The Morgan fingerprint density at radius 3 is 2.11 bits per heavy atom. The van der Waals surface area contributed by atoms with Gasteiger partial charge < -0.3 is 42.7 Å². The zero-order chi connectivity index (χ0) is 20.1. The second-order valence-electron chi connectivity index (χ2n) is 8.23. The quantitative estimate of drug-likeness (QED) is 0.456. The molecule has 28 heavy (non-hydrogen) atoms. The molecule has 0 amide bonds. The summed E-state index contributed by atoms with van der Waals surface area (Å²) >= 11 is 0. The standard InChI is InChI=1S/C19H28O9/c1-6-7-21-13-11(24-17-15(13)26-19(4,5)28-17)9-22-12-10(8-20)23-16-14(12)25-18(2,3)27-16/h6,8,10-17H,1,7,9H2,2-5H3/t10-,11-,12-,13-,14-,15-,16-,17-/m1/s1. The van der Waals surface area contributed by atoms with E-state index in [0.29, 0.717) is 12.9 Å². The van der Waals surface area contributed by atoms with Crippen LogP contribution in [0.5, 0.6) is 0 Å². The second kappa shape index (κ2) is 7.41. The van der Waals surface area contributed by atoms with Crippen molar-refractivity contribution >= 4 is 6.29 Å². The first-order chi connectivity index (χ1) is 13.2. The van der Waals surface area contributed by atoms with E-state index in [9.17, 15) is 4.79 Å². The van der Waals surface area contributed by atoms with Gasteiger partial charge in [0, 0.05) is 0 Å². The highest BCUT2D eigenvalue weighted by Crippen LogP contribution is 2.41. The molecule has 0 N–H and O–H groups in total. The average Bonchev–Trinajstić information content (AvgIpc) is 3.26. The van der Waals surface area contributed by atoms with E-state index >= 15 is 0 Å². The van der Waals surface area contributed by atoms with Crippen LogP contribution < -0.4 is 0 Å². The third-order valence-electron chi connectivity index (χ3n) is 5.11. The Bertz CT molecular complexity index is 606. The fourth-order valence-corrected chi connectivity index (χ4v) is 4.07. The maximum atomic E-state index is 11.4. The summed E-state index contributed by atoms with van der Waals surface area (Å²) in [5, 5.41) is 0. The van der Waals surface area contributed by atoms with E-state index in [1.165, 1.54) is 0 Å². The van der Waals surface area contributed by atoms with Crippen LogP contribution in [0.15, 0.2) is 12.7 Å². The number of fused-ring (bicyclic) bond motifs is 2. The first-order valence-electron chi connectivity index (χ1n) is 9.54. The van der Waals surface area contributed by atoms with Gasteiger partial charge in [0.2, 0.25) is 0 Å². The van der Waals surface area contributed by atoms with Gasteiger partial charge in [-0.05, 0) is 27.7 Å². The lowest BCUT2D eigenvalue weighted by atomic mass is 10.1. The summed E-state index contributed by atoms with van der Waals surface area (Å²) in [5.74, 6) is -1.54. The van der Waals surface area contributed by atoms with Gasteiger partial charge in [-0.15, -0.1) is 6.58 Å². The van der Waals surface area contributed by atoms with Gasteiger partial charge in [0.25, 0.3) is 0 Å². The first kappa shape index (κ1) is 20.4. The summed E-state index contributed by atoms with van der Waals surface area (Å²) in [6.45, 7) is 11.4. The zero-order valence-electron chi connectivity index (χ0n) is 16.6. The predicted octanol–water partition coefficient (Wildman–Crippen LogP) is 0.894. The van der Waals surface area contributed by atoms with Gasteiger partial charge in [0.15, 0.2) is 30.4 Å². The Morgan fingerprint density at radius 2 is 1.50 bits per heavy atom. The highest BCUT2D eigenvalue weighted by atomic mass is 16.9. The molecule has 0 unspecified atom stereocenters. The first-order valence-corrected chi connectivity index (χ1v) is 9.54. The average molecular weight is 400 g/mol. The molecule has 4 rings (SSSR count). The smallest absolute Gasteiger partial charge is 0.190 e. The van der Waals surface area contributed by atoms with Crippen molar-refractivity contribution in [3.8, 4) is 0 Å². The molecule has 8 atom stereocenters. The summed E-state index contributed by atoms with van der Waals surface area (Å²) in [7, 11) is 0. The molecule has 0 spiro atoms. The lowest BCUT2D eigenvalue weighted by Crippen LogP contribution is -2.43. The molecule has 158 valence electrons. The molecule has 4 aliphatic rings. The molecule has 0 saturated carbocycles. The number of carbonyl (C=O) groups is 1. The van der Waals surface area contributed by atoms with Crippen LogP contribution in [0.25, 0.3) is 0 Å². The Hall–Kier alpha value is -0.910. The number of hydrogen-bond acceptors (Lipinski definition) is 9. The summed E-state index contributed by atoms with van der Waals surface area (Å²) < 4.78 is 46.8. The molecule has 0 aliphatic carbocycles. The predicted molar refractivity (Wildman–Crippen MR) is 93.1 cm³/mol. The number of ether oxygens (including phenoxy) is 8. The SMILES string of the molecule is C=CCO[C@H]1[C@H]2OC(C)(C)O[C@H]2O[C@@H]1CO[C@H]1[C@H]2OC(C)(C)O[C@H]2O[C@@H]1C=O. The Kier molecular flexibility index (Phi) is 5.39. The van der Waals surface area contributed by atoms with Crippen molar-refractivity contribution in [2.24, 2.45) is 0 Å². The lowest BCUT2D eigenvalue weighted by molar-refractivity contribution is -0.232. The fraction of sp³-hybridized carbons (Fsp3) is 0.842. The normalized spacial score (nSPS) is 45.7. The zero-order valence-corrected chi connectivity index (χ0v) is 16.6. The van der Waals surface area contributed by atoms with Crippen molar-refractivity contribution < 1.29 is 42.7 Å². The number of hydrogen-bond donors (Lipinski definition) is 0. The van der Waals surface area contributed by atoms with Crippen molar-refractivity contribution in [1.29, 1.82) is 0 Å². The van der Waals surface area contributed by atoms with E-state index in [4.69, 9.17) is 37.9 Å². The number of carbonyl (C=O) groups excluding carboxylic acids is 1. The van der Waals surface area contributed by atoms with Gasteiger partial charge in [-0.25, -0.2) is 0 Å². The maximum Gasteiger partial charge on any atom is 0.190 e. The van der Waals surface area contributed by atoms with Crippen molar-refractivity contribution in [3.05, 3.63) is 12.7 Å². The van der Waals surface area contributed by atoms with Crippen LogP contribution >= 0.6 is 0 Å². The largest absolute Gasteiger partial charge is 0.369 e. The number of aldehydes is 1. The molecule has 0 aromatic heterocycles. The molecule has 4 fully saturated rings. The Labute approximate surface area is 164 Å². The van der Waals surface area contributed by atoms with E-state index in [2.05, 4.69) is 6.58 Å². The van der Waals surface area contributed by atoms with Gasteiger partial charge in [-0.2, -0.15) is 0 Å². The molecule has 0 radical (unpaired) electrons. The highest BCUT2D eigenvalue weighted by Gasteiger charge is 2.58. The molecular weight excluding hydrogens is 372 g/mol. The third kappa shape index (κ3) is 3.78. The minimum Gasteiger partial charge on any atom is -0.369 e. The van der Waals surface area contributed by atoms with Crippen LogP contribution in [-0.4, -0.2) is 80.3 Å². The van der Waals surface area contributed by atoms with E-state index in [1.807, 2.05) is 13.8 Å². The summed E-state index contributed by atoms with van der Waals surface area (Å²) in [6, 6.07) is 0. The molecule has 9 nitrogen and oxygen atoms in total. The minimum atomic E-state index is -0.797. The molecule has 4 heterocycles. The highest BCUT2D eigenvalue weighted by molar-refractivity contribution is 5.58. The Balaban J connectivity index is 1.41. The van der Waals surface area contributed by atoms with Crippen molar-refractivity contribution in [2.45, 2.75) is 88.5 Å². The molecular formula is C19H28O9. The number of rotatable bonds is 7. The fourth-order valence-electron chi connectivity index (χ4n) is 4.07. The summed E-state index contributed by atoms with van der Waals surface area (Å²) in [4.78, 5) is 11.4.